The average molecular weight is 223 g/mol. The lowest BCUT2D eigenvalue weighted by Gasteiger charge is -2.25. The van der Waals surface area contributed by atoms with Gasteiger partial charge in [0.15, 0.2) is 0 Å². The van der Waals surface area contributed by atoms with Crippen molar-refractivity contribution in [2.45, 2.75) is 45.4 Å². The van der Waals surface area contributed by atoms with Gasteiger partial charge in [-0.3, -0.25) is 4.79 Å². The minimum atomic E-state index is -0.00826. The Hall–Kier alpha value is -0.700. The molecule has 1 heterocycles. The largest absolute Gasteiger partial charge is 0.299 e. The molecule has 15 heavy (non-hydrogen) atoms. The van der Waals surface area contributed by atoms with Crippen molar-refractivity contribution in [2.24, 2.45) is 5.41 Å². The van der Waals surface area contributed by atoms with E-state index < -0.39 is 0 Å². The summed E-state index contributed by atoms with van der Waals surface area (Å²) in [7, 11) is 0. The molecule has 0 aliphatic heterocycles. The molecule has 0 radical (unpaired) electrons. The molecule has 0 aromatic carbocycles. The van der Waals surface area contributed by atoms with E-state index in [4.69, 9.17) is 0 Å². The van der Waals surface area contributed by atoms with E-state index in [1.54, 1.807) is 17.5 Å². The maximum atomic E-state index is 12.2. The Morgan fingerprint density at radius 1 is 1.53 bits per heavy atom. The van der Waals surface area contributed by atoms with Crippen molar-refractivity contribution in [3.05, 3.63) is 16.6 Å². The number of hydrogen-bond acceptors (Lipinski definition) is 3. The van der Waals surface area contributed by atoms with Gasteiger partial charge in [-0.2, -0.15) is 0 Å². The van der Waals surface area contributed by atoms with Gasteiger partial charge in [0.1, 0.15) is 5.78 Å². The zero-order valence-electron chi connectivity index (χ0n) is 9.16. The second-order valence-electron chi connectivity index (χ2n) is 4.37. The highest BCUT2D eigenvalue weighted by atomic mass is 32.1. The standard InChI is InChI=1S/C12H17NOS/c1-2-12(5-3-4-6-12)10(14)9-11-13-7-8-15-11/h7-8H,2-6,9H2,1H3. The van der Waals surface area contributed by atoms with Crippen molar-refractivity contribution in [3.8, 4) is 0 Å². The highest BCUT2D eigenvalue weighted by Crippen LogP contribution is 2.42. The first-order valence-electron chi connectivity index (χ1n) is 5.68. The number of nitrogens with zero attached hydrogens (tertiary/aromatic N) is 1. The molecule has 2 rings (SSSR count). The fourth-order valence-corrected chi connectivity index (χ4v) is 3.16. The minimum Gasteiger partial charge on any atom is -0.299 e. The second kappa shape index (κ2) is 4.44. The number of rotatable bonds is 4. The predicted octanol–water partition coefficient (Wildman–Crippen LogP) is 3.23. The van der Waals surface area contributed by atoms with Crippen molar-refractivity contribution in [1.29, 1.82) is 0 Å². The van der Waals surface area contributed by atoms with Crippen LogP contribution >= 0.6 is 11.3 Å². The number of carbonyl (C=O) groups is 1. The SMILES string of the molecule is CCC1(C(=O)Cc2nccs2)CCCC1. The minimum absolute atomic E-state index is 0.00826. The van der Waals surface area contributed by atoms with E-state index in [1.165, 1.54) is 12.8 Å². The van der Waals surface area contributed by atoms with Crippen LogP contribution in [0.15, 0.2) is 11.6 Å². The van der Waals surface area contributed by atoms with Gasteiger partial charge < -0.3 is 0 Å². The monoisotopic (exact) mass is 223 g/mol. The molecule has 3 heteroatoms. The summed E-state index contributed by atoms with van der Waals surface area (Å²) in [4.78, 5) is 16.4. The van der Waals surface area contributed by atoms with Gasteiger partial charge in [-0.1, -0.05) is 19.8 Å². The fraction of sp³-hybridized carbons (Fsp3) is 0.667. The van der Waals surface area contributed by atoms with Crippen molar-refractivity contribution >= 4 is 17.1 Å². The van der Waals surface area contributed by atoms with Crippen LogP contribution < -0.4 is 0 Å². The summed E-state index contributed by atoms with van der Waals surface area (Å²) < 4.78 is 0. The van der Waals surface area contributed by atoms with Crippen LogP contribution in [-0.4, -0.2) is 10.8 Å². The number of carbonyl (C=O) groups excluding carboxylic acids is 1. The van der Waals surface area contributed by atoms with Crippen LogP contribution in [0.1, 0.15) is 44.0 Å². The molecule has 82 valence electrons. The number of hydrogen-bond donors (Lipinski definition) is 0. The second-order valence-corrected chi connectivity index (χ2v) is 5.35. The van der Waals surface area contributed by atoms with Gasteiger partial charge in [0.25, 0.3) is 0 Å². The summed E-state index contributed by atoms with van der Waals surface area (Å²) in [6, 6.07) is 0. The maximum absolute atomic E-state index is 12.2. The first-order valence-corrected chi connectivity index (χ1v) is 6.56. The highest BCUT2D eigenvalue weighted by molar-refractivity contribution is 7.09. The zero-order chi connectivity index (χ0) is 10.7. The molecule has 0 bridgehead atoms. The van der Waals surface area contributed by atoms with Gasteiger partial charge in [-0.15, -0.1) is 11.3 Å². The van der Waals surface area contributed by atoms with Crippen molar-refractivity contribution in [2.75, 3.05) is 0 Å². The zero-order valence-corrected chi connectivity index (χ0v) is 9.98. The average Bonchev–Trinajstić information content (AvgIpc) is 2.87. The molecule has 0 saturated heterocycles. The Bertz CT molecular complexity index is 325. The first kappa shape index (κ1) is 10.8. The Balaban J connectivity index is 2.06. The summed E-state index contributed by atoms with van der Waals surface area (Å²) in [5, 5.41) is 2.91. The van der Waals surface area contributed by atoms with Gasteiger partial charge in [0.2, 0.25) is 0 Å². The van der Waals surface area contributed by atoms with Gasteiger partial charge >= 0.3 is 0 Å². The van der Waals surface area contributed by atoms with Crippen LogP contribution in [0.2, 0.25) is 0 Å². The van der Waals surface area contributed by atoms with E-state index in [1.807, 2.05) is 5.38 Å². The molecule has 1 aliphatic rings. The number of aromatic nitrogens is 1. The quantitative estimate of drug-likeness (QED) is 0.784. The number of thiazole rings is 1. The Morgan fingerprint density at radius 3 is 2.80 bits per heavy atom. The number of ketones is 1. The van der Waals surface area contributed by atoms with E-state index in [-0.39, 0.29) is 5.41 Å². The van der Waals surface area contributed by atoms with Gasteiger partial charge in [0.05, 0.1) is 11.4 Å². The van der Waals surface area contributed by atoms with Crippen LogP contribution in [0, 0.1) is 5.41 Å². The van der Waals surface area contributed by atoms with Crippen molar-refractivity contribution < 1.29 is 4.79 Å². The molecule has 1 fully saturated rings. The third-order valence-corrected chi connectivity index (χ3v) is 4.40. The molecule has 1 aromatic heterocycles. The maximum Gasteiger partial charge on any atom is 0.145 e. The van der Waals surface area contributed by atoms with E-state index in [9.17, 15) is 4.79 Å². The molecule has 2 nitrogen and oxygen atoms in total. The Morgan fingerprint density at radius 2 is 2.27 bits per heavy atom. The number of Topliss-reactive ketones (excluding diaryl/α,β-unsaturated/α-hetero) is 1. The summed E-state index contributed by atoms with van der Waals surface area (Å²) in [5.41, 5.74) is -0.00826. The molecule has 0 amide bonds. The lowest BCUT2D eigenvalue weighted by molar-refractivity contribution is -0.128. The normalized spacial score (nSPS) is 19.3. The molecular weight excluding hydrogens is 206 g/mol. The van der Waals surface area contributed by atoms with Crippen LogP contribution in [0.3, 0.4) is 0 Å². The van der Waals surface area contributed by atoms with E-state index in [0.29, 0.717) is 12.2 Å². The molecule has 1 aromatic rings. The molecular formula is C12H17NOS. The molecule has 1 saturated carbocycles. The summed E-state index contributed by atoms with van der Waals surface area (Å²) >= 11 is 1.59. The fourth-order valence-electron chi connectivity index (χ4n) is 2.55. The highest BCUT2D eigenvalue weighted by Gasteiger charge is 2.38. The van der Waals surface area contributed by atoms with Crippen LogP contribution in [0.25, 0.3) is 0 Å². The Kier molecular flexibility index (Phi) is 3.19. The van der Waals surface area contributed by atoms with Gasteiger partial charge in [0, 0.05) is 17.0 Å². The summed E-state index contributed by atoms with van der Waals surface area (Å²) in [6.07, 6.45) is 7.94. The molecule has 0 spiro atoms. The first-order chi connectivity index (χ1) is 7.27. The smallest absolute Gasteiger partial charge is 0.145 e. The van der Waals surface area contributed by atoms with Crippen LogP contribution in [0.5, 0.6) is 0 Å². The van der Waals surface area contributed by atoms with Crippen molar-refractivity contribution in [1.82, 2.24) is 4.98 Å². The van der Waals surface area contributed by atoms with E-state index in [2.05, 4.69) is 11.9 Å². The van der Waals surface area contributed by atoms with Crippen molar-refractivity contribution in [3.63, 3.8) is 0 Å². The van der Waals surface area contributed by atoms with E-state index in [0.717, 1.165) is 24.3 Å². The lowest BCUT2D eigenvalue weighted by atomic mass is 9.78. The van der Waals surface area contributed by atoms with E-state index >= 15 is 0 Å². The van der Waals surface area contributed by atoms with Crippen LogP contribution in [-0.2, 0) is 11.2 Å². The summed E-state index contributed by atoms with van der Waals surface area (Å²) in [5.74, 6) is 0.414. The Labute approximate surface area is 94.7 Å². The van der Waals surface area contributed by atoms with Gasteiger partial charge in [-0.05, 0) is 19.3 Å². The molecule has 0 unspecified atom stereocenters. The topological polar surface area (TPSA) is 30.0 Å². The molecule has 0 N–H and O–H groups in total. The third kappa shape index (κ3) is 2.12. The molecule has 0 atom stereocenters. The van der Waals surface area contributed by atoms with Crippen LogP contribution in [0.4, 0.5) is 0 Å². The lowest BCUT2D eigenvalue weighted by Crippen LogP contribution is -2.28. The molecule has 1 aliphatic carbocycles. The summed E-state index contributed by atoms with van der Waals surface area (Å²) in [6.45, 7) is 2.14. The van der Waals surface area contributed by atoms with Gasteiger partial charge in [-0.25, -0.2) is 4.98 Å². The third-order valence-electron chi connectivity index (χ3n) is 3.62. The predicted molar refractivity (Wildman–Crippen MR) is 62.0 cm³/mol.